The number of rotatable bonds is 3. The van der Waals surface area contributed by atoms with Crippen molar-refractivity contribution in [3.8, 4) is 11.8 Å². The molecule has 0 N–H and O–H groups in total. The van der Waals surface area contributed by atoms with Crippen molar-refractivity contribution >= 4 is 43.7 Å². The van der Waals surface area contributed by atoms with E-state index in [1.165, 1.54) is 27.4 Å². The Morgan fingerprint density at radius 2 is 1.23 bits per heavy atom. The number of aromatic nitrogens is 1. The number of fused-ring (bicyclic) bond motifs is 6. The van der Waals surface area contributed by atoms with E-state index in [1.807, 2.05) is 24.3 Å². The van der Waals surface area contributed by atoms with Crippen LogP contribution in [0, 0.1) is 11.3 Å². The highest BCUT2D eigenvalue weighted by molar-refractivity contribution is 6.09. The summed E-state index contributed by atoms with van der Waals surface area (Å²) in [7, 11) is 0. The fourth-order valence-electron chi connectivity index (χ4n) is 5.33. The molecule has 164 valence electrons. The van der Waals surface area contributed by atoms with E-state index in [0.29, 0.717) is 12.0 Å². The van der Waals surface area contributed by atoms with Gasteiger partial charge in [-0.25, -0.2) is 0 Å². The molecule has 2 heterocycles. The molecule has 0 atom stereocenters. The first-order valence-electron chi connectivity index (χ1n) is 11.7. The maximum absolute atomic E-state index is 9.97. The lowest BCUT2D eigenvalue weighted by Gasteiger charge is -2.14. The molecule has 0 aliphatic carbocycles. The Balaban J connectivity index is 1.45. The average molecular weight is 449 g/mol. The van der Waals surface area contributed by atoms with Crippen molar-refractivity contribution in [2.75, 3.05) is 0 Å². The molecule has 3 heteroatoms. The molecule has 2 aromatic heterocycles. The molecule has 0 aliphatic heterocycles. The Kier molecular flexibility index (Phi) is 4.27. The lowest BCUT2D eigenvalue weighted by Crippen LogP contribution is -2.01. The first-order valence-corrected chi connectivity index (χ1v) is 11.7. The molecule has 0 saturated heterocycles. The van der Waals surface area contributed by atoms with E-state index in [2.05, 4.69) is 95.6 Å². The number of hydrogen-bond donors (Lipinski definition) is 0. The highest BCUT2D eigenvalue weighted by Crippen LogP contribution is 2.35. The van der Waals surface area contributed by atoms with Crippen LogP contribution in [0.2, 0.25) is 0 Å². The molecule has 5 aromatic carbocycles. The predicted octanol–water partition coefficient (Wildman–Crippen LogP) is 8.15. The van der Waals surface area contributed by atoms with Crippen molar-refractivity contribution in [3.05, 3.63) is 126 Å². The van der Waals surface area contributed by atoms with Crippen molar-refractivity contribution in [3.63, 3.8) is 0 Å². The number of hydrogen-bond acceptors (Lipinski definition) is 2. The number of furan rings is 1. The summed E-state index contributed by atoms with van der Waals surface area (Å²) in [5.41, 5.74) is 7.90. The van der Waals surface area contributed by atoms with Crippen LogP contribution in [-0.2, 0) is 6.42 Å². The monoisotopic (exact) mass is 448 g/mol. The van der Waals surface area contributed by atoms with Crippen LogP contribution < -0.4 is 0 Å². The van der Waals surface area contributed by atoms with Crippen LogP contribution in [-0.4, -0.2) is 4.57 Å². The lowest BCUT2D eigenvalue weighted by molar-refractivity contribution is 0.668. The van der Waals surface area contributed by atoms with Gasteiger partial charge in [-0.05, 0) is 47.5 Å². The van der Waals surface area contributed by atoms with Gasteiger partial charge in [-0.3, -0.25) is 0 Å². The maximum Gasteiger partial charge on any atom is 0.136 e. The van der Waals surface area contributed by atoms with E-state index in [1.54, 1.807) is 0 Å². The second-order valence-corrected chi connectivity index (χ2v) is 8.89. The van der Waals surface area contributed by atoms with Crippen molar-refractivity contribution in [2.45, 2.75) is 6.42 Å². The summed E-state index contributed by atoms with van der Waals surface area (Å²) >= 11 is 0. The Morgan fingerprint density at radius 3 is 1.97 bits per heavy atom. The molecule has 7 rings (SSSR count). The van der Waals surface area contributed by atoms with Crippen LogP contribution in [0.3, 0.4) is 0 Å². The SMILES string of the molecule is N#Cc1cc2oc3ccccc3c2cc1Cc1ccccc1-n1c2ccccc2c2ccccc21. The molecule has 0 saturated carbocycles. The fourth-order valence-corrected chi connectivity index (χ4v) is 5.33. The Hall–Kier alpha value is -4.81. The number of para-hydroxylation sites is 4. The molecule has 3 nitrogen and oxygen atoms in total. The van der Waals surface area contributed by atoms with Crippen molar-refractivity contribution < 1.29 is 4.42 Å². The van der Waals surface area contributed by atoms with Gasteiger partial charge in [0.05, 0.1) is 22.7 Å². The van der Waals surface area contributed by atoms with Crippen LogP contribution in [0.5, 0.6) is 0 Å². The minimum atomic E-state index is 0.647. The second-order valence-electron chi connectivity index (χ2n) is 8.89. The quantitative estimate of drug-likeness (QED) is 0.274. The zero-order valence-corrected chi connectivity index (χ0v) is 18.9. The summed E-state index contributed by atoms with van der Waals surface area (Å²) in [6, 6.07) is 40.0. The predicted molar refractivity (Wildman–Crippen MR) is 142 cm³/mol. The normalized spacial score (nSPS) is 11.5. The molecular formula is C32H20N2O. The van der Waals surface area contributed by atoms with Gasteiger partial charge in [-0.15, -0.1) is 0 Å². The van der Waals surface area contributed by atoms with Gasteiger partial charge in [0, 0.05) is 33.7 Å². The zero-order valence-electron chi connectivity index (χ0n) is 18.9. The van der Waals surface area contributed by atoms with Crippen molar-refractivity contribution in [1.82, 2.24) is 4.57 Å². The molecule has 0 fully saturated rings. The number of nitrogens with zero attached hydrogens (tertiary/aromatic N) is 2. The fraction of sp³-hybridized carbons (Fsp3) is 0.0312. The van der Waals surface area contributed by atoms with Gasteiger partial charge in [0.15, 0.2) is 0 Å². The van der Waals surface area contributed by atoms with Gasteiger partial charge in [0.25, 0.3) is 0 Å². The summed E-state index contributed by atoms with van der Waals surface area (Å²) in [5.74, 6) is 0. The van der Waals surface area contributed by atoms with Gasteiger partial charge >= 0.3 is 0 Å². The third kappa shape index (κ3) is 2.97. The smallest absolute Gasteiger partial charge is 0.136 e. The summed E-state index contributed by atoms with van der Waals surface area (Å²) < 4.78 is 8.37. The molecule has 0 aliphatic rings. The Labute approximate surface area is 202 Å². The van der Waals surface area contributed by atoms with Gasteiger partial charge < -0.3 is 8.98 Å². The Bertz CT molecular complexity index is 1900. The molecule has 0 bridgehead atoms. The van der Waals surface area contributed by atoms with Crippen molar-refractivity contribution in [2.24, 2.45) is 0 Å². The lowest BCUT2D eigenvalue weighted by atomic mass is 9.96. The summed E-state index contributed by atoms with van der Waals surface area (Å²) in [4.78, 5) is 0. The van der Waals surface area contributed by atoms with Gasteiger partial charge in [0.1, 0.15) is 11.2 Å². The summed E-state index contributed by atoms with van der Waals surface area (Å²) in [6.07, 6.45) is 0.648. The molecule has 0 unspecified atom stereocenters. The minimum Gasteiger partial charge on any atom is -0.456 e. The standard InChI is InChI=1S/C32H20N2O/c33-20-23-19-32-27(26-12-4-8-16-31(26)35-32)18-22(23)17-21-9-1-5-13-28(21)34-29-14-6-2-10-24(29)25-11-3-7-15-30(25)34/h1-16,18-19H,17H2. The van der Waals surface area contributed by atoms with E-state index in [-0.39, 0.29) is 0 Å². The first-order chi connectivity index (χ1) is 17.3. The third-order valence-electron chi connectivity index (χ3n) is 6.92. The molecule has 0 spiro atoms. The highest BCUT2D eigenvalue weighted by atomic mass is 16.3. The van der Waals surface area contributed by atoms with E-state index in [9.17, 15) is 5.26 Å². The molecule has 0 amide bonds. The van der Waals surface area contributed by atoms with Gasteiger partial charge in [-0.2, -0.15) is 5.26 Å². The molecule has 0 radical (unpaired) electrons. The van der Waals surface area contributed by atoms with Crippen LogP contribution >= 0.6 is 0 Å². The summed E-state index contributed by atoms with van der Waals surface area (Å²) in [6.45, 7) is 0. The van der Waals surface area contributed by atoms with Crippen LogP contribution in [0.15, 0.2) is 114 Å². The zero-order chi connectivity index (χ0) is 23.4. The summed E-state index contributed by atoms with van der Waals surface area (Å²) in [5, 5.41) is 14.6. The average Bonchev–Trinajstić information content (AvgIpc) is 3.44. The van der Waals surface area contributed by atoms with E-state index in [4.69, 9.17) is 4.42 Å². The van der Waals surface area contributed by atoms with Gasteiger partial charge in [0.2, 0.25) is 0 Å². The van der Waals surface area contributed by atoms with E-state index in [0.717, 1.165) is 33.2 Å². The highest BCUT2D eigenvalue weighted by Gasteiger charge is 2.16. The van der Waals surface area contributed by atoms with Crippen molar-refractivity contribution in [1.29, 1.82) is 5.26 Å². The van der Waals surface area contributed by atoms with E-state index >= 15 is 0 Å². The minimum absolute atomic E-state index is 0.647. The second kappa shape index (κ2) is 7.62. The number of nitriles is 1. The maximum atomic E-state index is 9.97. The topological polar surface area (TPSA) is 41.9 Å². The molecular weight excluding hydrogens is 428 g/mol. The van der Waals surface area contributed by atoms with Crippen LogP contribution in [0.4, 0.5) is 0 Å². The third-order valence-corrected chi connectivity index (χ3v) is 6.92. The molecule has 7 aromatic rings. The first kappa shape index (κ1) is 19.6. The van der Waals surface area contributed by atoms with Gasteiger partial charge in [-0.1, -0.05) is 72.8 Å². The largest absolute Gasteiger partial charge is 0.456 e. The molecule has 35 heavy (non-hydrogen) atoms. The van der Waals surface area contributed by atoms with Crippen LogP contribution in [0.1, 0.15) is 16.7 Å². The Morgan fingerprint density at radius 1 is 0.600 bits per heavy atom. The van der Waals surface area contributed by atoms with Crippen LogP contribution in [0.25, 0.3) is 49.4 Å². The van der Waals surface area contributed by atoms with E-state index < -0.39 is 0 Å². The number of benzene rings is 5.